The quantitative estimate of drug-likeness (QED) is 0.513. The fourth-order valence-corrected chi connectivity index (χ4v) is 5.74. The number of fused-ring (bicyclic) bond motifs is 1. The van der Waals surface area contributed by atoms with E-state index in [1.54, 1.807) is 42.5 Å². The number of hydrogen-bond acceptors (Lipinski definition) is 7. The molecule has 2 atom stereocenters. The van der Waals surface area contributed by atoms with Crippen molar-refractivity contribution in [1.82, 2.24) is 5.32 Å². The fraction of sp³-hybridized carbons (Fsp3) is 0.296. The summed E-state index contributed by atoms with van der Waals surface area (Å²) in [5.74, 6) is -1.37. The smallest absolute Gasteiger partial charge is 0.336 e. The van der Waals surface area contributed by atoms with Crippen molar-refractivity contribution in [2.45, 2.75) is 44.9 Å². The third-order valence-corrected chi connectivity index (χ3v) is 7.48. The minimum Gasteiger partial charge on any atom is -0.464 e. The van der Waals surface area contributed by atoms with E-state index in [1.165, 1.54) is 6.26 Å². The van der Waals surface area contributed by atoms with Crippen LogP contribution in [0.3, 0.4) is 0 Å². The third-order valence-electron chi connectivity index (χ3n) is 6.45. The van der Waals surface area contributed by atoms with Crippen molar-refractivity contribution < 1.29 is 18.7 Å². The maximum absolute atomic E-state index is 13.6. The summed E-state index contributed by atoms with van der Waals surface area (Å²) in [6, 6.07) is 11.0. The zero-order valence-electron chi connectivity index (χ0n) is 19.1. The number of ketones is 1. The fourth-order valence-electron chi connectivity index (χ4n) is 4.91. The molecule has 7 heteroatoms. The molecule has 0 amide bonds. The number of carbonyl (C=O) groups excluding carboxylic acids is 2. The summed E-state index contributed by atoms with van der Waals surface area (Å²) in [6.07, 6.45) is 3.02. The topological polar surface area (TPSA) is 85.6 Å². The number of benzene rings is 1. The van der Waals surface area contributed by atoms with Gasteiger partial charge in [0.15, 0.2) is 11.2 Å². The summed E-state index contributed by atoms with van der Waals surface area (Å²) in [5, 5.41) is 5.74. The zero-order valence-corrected chi connectivity index (χ0v) is 19.9. The minimum absolute atomic E-state index is 0.0637. The van der Waals surface area contributed by atoms with Crippen molar-refractivity contribution >= 4 is 34.1 Å². The van der Waals surface area contributed by atoms with Crippen molar-refractivity contribution in [3.8, 4) is 0 Å². The van der Waals surface area contributed by atoms with Gasteiger partial charge in [-0.3, -0.25) is 9.59 Å². The first-order chi connectivity index (χ1) is 16.5. The van der Waals surface area contributed by atoms with E-state index in [2.05, 4.69) is 5.32 Å². The van der Waals surface area contributed by atoms with E-state index in [1.807, 2.05) is 24.4 Å². The highest BCUT2D eigenvalue weighted by atomic mass is 32.1. The summed E-state index contributed by atoms with van der Waals surface area (Å²) in [7, 11) is 0. The number of Topliss-reactive ketones (excluding diaryl/α,β-unsaturated/α-hetero) is 1. The van der Waals surface area contributed by atoms with Gasteiger partial charge in [0.1, 0.15) is 5.58 Å². The van der Waals surface area contributed by atoms with E-state index in [4.69, 9.17) is 9.15 Å². The van der Waals surface area contributed by atoms with Crippen LogP contribution >= 0.6 is 11.3 Å². The van der Waals surface area contributed by atoms with Crippen LogP contribution in [0.2, 0.25) is 0 Å². The monoisotopic (exact) mass is 475 g/mol. The molecule has 1 N–H and O–H groups in total. The molecule has 5 rings (SSSR count). The first kappa shape index (κ1) is 22.3. The van der Waals surface area contributed by atoms with Crippen molar-refractivity contribution in [3.05, 3.63) is 91.2 Å². The van der Waals surface area contributed by atoms with Crippen LogP contribution in [0, 0.1) is 0 Å². The molecule has 1 aromatic carbocycles. The summed E-state index contributed by atoms with van der Waals surface area (Å²) in [5.41, 5.74) is 2.60. The second-order valence-electron chi connectivity index (χ2n) is 8.68. The molecule has 0 spiro atoms. The molecule has 0 saturated heterocycles. The van der Waals surface area contributed by atoms with Gasteiger partial charge in [-0.05, 0) is 43.3 Å². The van der Waals surface area contributed by atoms with Crippen LogP contribution < -0.4 is 10.7 Å². The average molecular weight is 476 g/mol. The van der Waals surface area contributed by atoms with Crippen LogP contribution in [0.25, 0.3) is 11.0 Å². The van der Waals surface area contributed by atoms with E-state index in [9.17, 15) is 14.4 Å². The highest BCUT2D eigenvalue weighted by Gasteiger charge is 2.42. The molecule has 0 unspecified atom stereocenters. The van der Waals surface area contributed by atoms with E-state index < -0.39 is 11.9 Å². The van der Waals surface area contributed by atoms with Gasteiger partial charge in [-0.2, -0.15) is 0 Å². The number of esters is 1. The van der Waals surface area contributed by atoms with E-state index in [-0.39, 0.29) is 34.9 Å². The number of hydrogen-bond donors (Lipinski definition) is 1. The highest BCUT2D eigenvalue weighted by molar-refractivity contribution is 7.10. The number of para-hydroxylation sites is 1. The molecule has 0 saturated carbocycles. The van der Waals surface area contributed by atoms with Gasteiger partial charge in [-0.1, -0.05) is 25.1 Å². The summed E-state index contributed by atoms with van der Waals surface area (Å²) in [6.45, 7) is 3.97. The van der Waals surface area contributed by atoms with Gasteiger partial charge in [0, 0.05) is 39.7 Å². The Hall–Kier alpha value is -3.45. The number of carbonyl (C=O) groups is 2. The maximum Gasteiger partial charge on any atom is 0.336 e. The number of thiophene rings is 1. The van der Waals surface area contributed by atoms with Crippen LogP contribution in [0.1, 0.15) is 55.4 Å². The predicted molar refractivity (Wildman–Crippen MR) is 131 cm³/mol. The maximum atomic E-state index is 13.6. The molecule has 3 heterocycles. The van der Waals surface area contributed by atoms with Crippen LogP contribution in [-0.4, -0.2) is 18.4 Å². The second kappa shape index (κ2) is 9.06. The Bertz CT molecular complexity index is 1400. The number of allylic oxidation sites excluding steroid dienone is 3. The van der Waals surface area contributed by atoms with Gasteiger partial charge >= 0.3 is 5.97 Å². The normalized spacial score (nSPS) is 20.4. The van der Waals surface area contributed by atoms with Gasteiger partial charge in [-0.15, -0.1) is 11.3 Å². The summed E-state index contributed by atoms with van der Waals surface area (Å²) < 4.78 is 11.3. The molecular weight excluding hydrogens is 450 g/mol. The van der Waals surface area contributed by atoms with E-state index in [0.717, 1.165) is 10.6 Å². The van der Waals surface area contributed by atoms with Crippen molar-refractivity contribution in [2.24, 2.45) is 0 Å². The molecule has 1 aliphatic carbocycles. The molecular formula is C27H25NO5S. The molecule has 2 aliphatic rings. The lowest BCUT2D eigenvalue weighted by molar-refractivity contribution is -0.139. The molecule has 6 nitrogen and oxygen atoms in total. The minimum atomic E-state index is -0.835. The van der Waals surface area contributed by atoms with Crippen molar-refractivity contribution in [2.75, 3.05) is 6.61 Å². The van der Waals surface area contributed by atoms with E-state index >= 15 is 0 Å². The SMILES string of the molecule is CCCOC(=O)C1=C(C)NC2=C(C(=O)C[C@H](c3cccs3)C2)[C@@H]1c1coc2ccccc2c1=O. The van der Waals surface area contributed by atoms with Gasteiger partial charge in [-0.25, -0.2) is 4.79 Å². The Morgan fingerprint density at radius 3 is 2.76 bits per heavy atom. The number of rotatable bonds is 5. The molecule has 34 heavy (non-hydrogen) atoms. The lowest BCUT2D eigenvalue weighted by Crippen LogP contribution is -2.37. The highest BCUT2D eigenvalue weighted by Crippen LogP contribution is 2.45. The van der Waals surface area contributed by atoms with Crippen LogP contribution in [-0.2, 0) is 14.3 Å². The number of dihydropyridines is 1. The second-order valence-corrected chi connectivity index (χ2v) is 9.66. The van der Waals surface area contributed by atoms with Gasteiger partial charge in [0.05, 0.1) is 29.7 Å². The number of ether oxygens (including phenoxy) is 1. The molecule has 0 fully saturated rings. The van der Waals surface area contributed by atoms with Gasteiger partial charge < -0.3 is 14.5 Å². The Morgan fingerprint density at radius 2 is 2.00 bits per heavy atom. The van der Waals surface area contributed by atoms with Crippen LogP contribution in [0.5, 0.6) is 0 Å². The van der Waals surface area contributed by atoms with Crippen molar-refractivity contribution in [3.63, 3.8) is 0 Å². The van der Waals surface area contributed by atoms with Crippen molar-refractivity contribution in [1.29, 1.82) is 0 Å². The van der Waals surface area contributed by atoms with Crippen LogP contribution in [0.15, 0.2) is 79.8 Å². The summed E-state index contributed by atoms with van der Waals surface area (Å²) >= 11 is 1.63. The molecule has 0 radical (unpaired) electrons. The summed E-state index contributed by atoms with van der Waals surface area (Å²) in [4.78, 5) is 41.5. The standard InChI is InChI=1S/C27H25NO5S/c1-3-10-32-27(31)23-15(2)28-19-12-16(22-9-6-11-34-22)13-20(29)25(19)24(23)18-14-33-21-8-5-4-7-17(21)26(18)30/h4-9,11,14,16,24,28H,3,10,12-13H2,1-2H3/t16-,24-/m1/s1. The molecule has 2 aromatic heterocycles. The van der Waals surface area contributed by atoms with Gasteiger partial charge in [0.2, 0.25) is 0 Å². The largest absolute Gasteiger partial charge is 0.464 e. The Labute approximate surface area is 200 Å². The Morgan fingerprint density at radius 1 is 1.18 bits per heavy atom. The zero-order chi connectivity index (χ0) is 23.8. The Kier molecular flexibility index (Phi) is 5.96. The number of nitrogens with one attached hydrogen (secondary N) is 1. The molecule has 3 aromatic rings. The third kappa shape index (κ3) is 3.80. The molecule has 0 bridgehead atoms. The first-order valence-corrected chi connectivity index (χ1v) is 12.3. The predicted octanol–water partition coefficient (Wildman–Crippen LogP) is 5.17. The molecule has 1 aliphatic heterocycles. The Balaban J connectivity index is 1.67. The lowest BCUT2D eigenvalue weighted by Gasteiger charge is -2.36. The lowest BCUT2D eigenvalue weighted by atomic mass is 9.73. The molecule has 174 valence electrons. The first-order valence-electron chi connectivity index (χ1n) is 11.4. The van der Waals surface area contributed by atoms with E-state index in [0.29, 0.717) is 41.5 Å². The van der Waals surface area contributed by atoms with Gasteiger partial charge in [0.25, 0.3) is 0 Å². The van der Waals surface area contributed by atoms with Crippen LogP contribution in [0.4, 0.5) is 0 Å². The average Bonchev–Trinajstić information content (AvgIpc) is 3.37.